The van der Waals surface area contributed by atoms with E-state index in [1.807, 2.05) is 37.4 Å². The Balaban J connectivity index is 1.65. The molecule has 1 amide bonds. The molecule has 1 atom stereocenters. The number of likely N-dealkylation sites (tertiary alicyclic amines) is 1. The number of ether oxygens (including phenoxy) is 1. The van der Waals surface area contributed by atoms with Gasteiger partial charge in [-0.3, -0.25) is 9.59 Å². The number of aromatic nitrogens is 1. The topological polar surface area (TPSA) is 54.8 Å². The second-order valence-electron chi connectivity index (χ2n) is 10.4. The Morgan fingerprint density at radius 3 is 2.56 bits per heavy atom. The van der Waals surface area contributed by atoms with Gasteiger partial charge in [0.05, 0.1) is 12.1 Å². The fourth-order valence-electron chi connectivity index (χ4n) is 5.56. The number of rotatable bonds is 8. The van der Waals surface area contributed by atoms with E-state index < -0.39 is 0 Å². The van der Waals surface area contributed by atoms with Crippen LogP contribution in [-0.4, -0.2) is 58.7 Å². The standard InChI is InChI=1S/C28H41N3O3/c1-4-28(2,14-17-30-15-8-5-9-16-30)31(27(33)22-12-18-34-19-13-22)21-24-20-23-10-6-7-11-25(23)29(3)26(24)32/h6-7,10-11,20,22H,4-5,8-9,12-19,21H2,1-3H3. The van der Waals surface area contributed by atoms with Crippen LogP contribution in [-0.2, 0) is 23.1 Å². The maximum Gasteiger partial charge on any atom is 0.255 e. The van der Waals surface area contributed by atoms with Crippen LogP contribution >= 0.6 is 0 Å². The zero-order valence-corrected chi connectivity index (χ0v) is 21.2. The maximum atomic E-state index is 14.0. The molecule has 2 aliphatic heterocycles. The molecule has 1 aromatic heterocycles. The summed E-state index contributed by atoms with van der Waals surface area (Å²) in [6.07, 6.45) is 7.16. The lowest BCUT2D eigenvalue weighted by Gasteiger charge is -2.44. The molecule has 0 aliphatic carbocycles. The van der Waals surface area contributed by atoms with Gasteiger partial charge < -0.3 is 19.1 Å². The predicted octanol–water partition coefficient (Wildman–Crippen LogP) is 4.34. The summed E-state index contributed by atoms with van der Waals surface area (Å²) >= 11 is 0. The first-order valence-corrected chi connectivity index (χ1v) is 13.1. The van der Waals surface area contributed by atoms with E-state index in [2.05, 4.69) is 23.6 Å². The third-order valence-corrected chi connectivity index (χ3v) is 8.20. The monoisotopic (exact) mass is 467 g/mol. The van der Waals surface area contributed by atoms with Gasteiger partial charge in [-0.05, 0) is 76.1 Å². The molecule has 0 spiro atoms. The number of benzene rings is 1. The number of fused-ring (bicyclic) bond motifs is 1. The smallest absolute Gasteiger partial charge is 0.255 e. The number of carbonyl (C=O) groups is 1. The Kier molecular flexibility index (Phi) is 8.10. The van der Waals surface area contributed by atoms with Gasteiger partial charge in [0.15, 0.2) is 0 Å². The molecule has 34 heavy (non-hydrogen) atoms. The molecule has 0 saturated carbocycles. The molecule has 3 heterocycles. The van der Waals surface area contributed by atoms with Crippen LogP contribution in [0.15, 0.2) is 35.1 Å². The van der Waals surface area contributed by atoms with E-state index in [1.54, 1.807) is 4.57 Å². The number of aryl methyl sites for hydroxylation is 1. The molecular formula is C28H41N3O3. The quantitative estimate of drug-likeness (QED) is 0.580. The molecule has 6 heteroatoms. The highest BCUT2D eigenvalue weighted by molar-refractivity contribution is 5.81. The third-order valence-electron chi connectivity index (χ3n) is 8.20. The van der Waals surface area contributed by atoms with Crippen LogP contribution in [0.3, 0.4) is 0 Å². The van der Waals surface area contributed by atoms with Crippen LogP contribution < -0.4 is 5.56 Å². The van der Waals surface area contributed by atoms with Crippen molar-refractivity contribution in [3.8, 4) is 0 Å². The van der Waals surface area contributed by atoms with Crippen LogP contribution in [0, 0.1) is 5.92 Å². The Hall–Kier alpha value is -2.18. The number of piperidine rings is 1. The zero-order chi connectivity index (χ0) is 24.1. The largest absolute Gasteiger partial charge is 0.381 e. The highest BCUT2D eigenvalue weighted by Crippen LogP contribution is 2.31. The van der Waals surface area contributed by atoms with Gasteiger partial charge in [0, 0.05) is 43.8 Å². The lowest BCUT2D eigenvalue weighted by Crippen LogP contribution is -2.53. The van der Waals surface area contributed by atoms with Crippen LogP contribution in [0.25, 0.3) is 10.9 Å². The summed E-state index contributed by atoms with van der Waals surface area (Å²) < 4.78 is 7.26. The molecule has 0 radical (unpaired) electrons. The first-order valence-electron chi connectivity index (χ1n) is 13.1. The summed E-state index contributed by atoms with van der Waals surface area (Å²) in [6, 6.07) is 9.95. The lowest BCUT2D eigenvalue weighted by atomic mass is 9.88. The van der Waals surface area contributed by atoms with Gasteiger partial charge in [-0.15, -0.1) is 0 Å². The Labute approximate surface area is 203 Å². The highest BCUT2D eigenvalue weighted by atomic mass is 16.5. The molecule has 2 fully saturated rings. The Morgan fingerprint density at radius 2 is 1.85 bits per heavy atom. The summed E-state index contributed by atoms with van der Waals surface area (Å²) in [5.74, 6) is 0.153. The first kappa shape index (κ1) is 24.9. The van der Waals surface area contributed by atoms with Crippen molar-refractivity contribution in [1.82, 2.24) is 14.4 Å². The van der Waals surface area contributed by atoms with Crippen molar-refractivity contribution in [3.05, 3.63) is 46.2 Å². The molecular weight excluding hydrogens is 426 g/mol. The predicted molar refractivity (Wildman–Crippen MR) is 137 cm³/mol. The Bertz CT molecular complexity index is 1040. The highest BCUT2D eigenvalue weighted by Gasteiger charge is 2.38. The maximum absolute atomic E-state index is 14.0. The molecule has 0 N–H and O–H groups in total. The molecule has 4 rings (SSSR count). The second-order valence-corrected chi connectivity index (χ2v) is 10.4. The molecule has 0 bridgehead atoms. The van der Waals surface area contributed by atoms with Crippen molar-refractivity contribution in [2.24, 2.45) is 13.0 Å². The average molecular weight is 468 g/mol. The molecule has 2 aliphatic rings. The minimum Gasteiger partial charge on any atom is -0.381 e. The van der Waals surface area contributed by atoms with E-state index in [-0.39, 0.29) is 22.9 Å². The normalized spacial score (nSPS) is 19.7. The summed E-state index contributed by atoms with van der Waals surface area (Å²) in [5.41, 5.74) is 1.29. The van der Waals surface area contributed by atoms with E-state index in [0.29, 0.717) is 25.3 Å². The summed E-state index contributed by atoms with van der Waals surface area (Å²) in [4.78, 5) is 31.9. The fourth-order valence-corrected chi connectivity index (χ4v) is 5.56. The number of amides is 1. The molecule has 186 valence electrons. The van der Waals surface area contributed by atoms with Crippen molar-refractivity contribution in [3.63, 3.8) is 0 Å². The zero-order valence-electron chi connectivity index (χ0n) is 21.2. The van der Waals surface area contributed by atoms with E-state index in [1.165, 1.54) is 19.3 Å². The van der Waals surface area contributed by atoms with Gasteiger partial charge in [0.1, 0.15) is 0 Å². The molecule has 1 unspecified atom stereocenters. The van der Waals surface area contributed by atoms with Crippen LogP contribution in [0.4, 0.5) is 0 Å². The van der Waals surface area contributed by atoms with Gasteiger partial charge in [0.2, 0.25) is 5.91 Å². The molecule has 2 aromatic rings. The molecule has 6 nitrogen and oxygen atoms in total. The average Bonchev–Trinajstić information content (AvgIpc) is 2.89. The first-order chi connectivity index (χ1) is 16.4. The molecule has 1 aromatic carbocycles. The van der Waals surface area contributed by atoms with Crippen molar-refractivity contribution in [2.75, 3.05) is 32.8 Å². The lowest BCUT2D eigenvalue weighted by molar-refractivity contribution is -0.146. The van der Waals surface area contributed by atoms with Gasteiger partial charge in [-0.25, -0.2) is 0 Å². The second kappa shape index (κ2) is 11.0. The van der Waals surface area contributed by atoms with Crippen molar-refractivity contribution >= 4 is 16.8 Å². The minimum atomic E-state index is -0.302. The van der Waals surface area contributed by atoms with E-state index in [0.717, 1.165) is 56.2 Å². The van der Waals surface area contributed by atoms with E-state index in [9.17, 15) is 9.59 Å². The summed E-state index contributed by atoms with van der Waals surface area (Å²) in [6.45, 7) is 9.34. The number of hydrogen-bond acceptors (Lipinski definition) is 4. The number of carbonyl (C=O) groups excluding carboxylic acids is 1. The third kappa shape index (κ3) is 5.38. The summed E-state index contributed by atoms with van der Waals surface area (Å²) in [7, 11) is 1.83. The van der Waals surface area contributed by atoms with E-state index in [4.69, 9.17) is 4.74 Å². The van der Waals surface area contributed by atoms with Crippen molar-refractivity contribution in [2.45, 2.75) is 70.9 Å². The number of hydrogen-bond donors (Lipinski definition) is 0. The summed E-state index contributed by atoms with van der Waals surface area (Å²) in [5, 5.41) is 1.03. The van der Waals surface area contributed by atoms with Gasteiger partial charge >= 0.3 is 0 Å². The fraction of sp³-hybridized carbons (Fsp3) is 0.643. The SMILES string of the molecule is CCC(C)(CCN1CCCCC1)N(Cc1cc2ccccc2n(C)c1=O)C(=O)C1CCOCC1. The number of nitrogens with zero attached hydrogens (tertiary/aromatic N) is 3. The van der Waals surface area contributed by atoms with Crippen LogP contribution in [0.1, 0.15) is 64.4 Å². The van der Waals surface area contributed by atoms with Crippen molar-refractivity contribution in [1.29, 1.82) is 0 Å². The van der Waals surface area contributed by atoms with Gasteiger partial charge in [-0.2, -0.15) is 0 Å². The minimum absolute atomic E-state index is 0.0158. The molecule has 2 saturated heterocycles. The van der Waals surface area contributed by atoms with Crippen LogP contribution in [0.2, 0.25) is 0 Å². The number of pyridine rings is 1. The van der Waals surface area contributed by atoms with Crippen LogP contribution in [0.5, 0.6) is 0 Å². The van der Waals surface area contributed by atoms with Crippen molar-refractivity contribution < 1.29 is 9.53 Å². The van der Waals surface area contributed by atoms with Gasteiger partial charge in [0.25, 0.3) is 5.56 Å². The number of para-hydroxylation sites is 1. The Morgan fingerprint density at radius 1 is 1.15 bits per heavy atom. The van der Waals surface area contributed by atoms with E-state index >= 15 is 0 Å². The van der Waals surface area contributed by atoms with Gasteiger partial charge in [-0.1, -0.05) is 31.5 Å².